The Balaban J connectivity index is 3.11. The third-order valence-electron chi connectivity index (χ3n) is 2.15. The van der Waals surface area contributed by atoms with E-state index in [2.05, 4.69) is 9.97 Å². The Morgan fingerprint density at radius 3 is 3.00 bits per heavy atom. The Hall–Kier alpha value is -1.78. The lowest BCUT2D eigenvalue weighted by molar-refractivity contribution is 0.473. The lowest BCUT2D eigenvalue weighted by Gasteiger charge is -2.03. The maximum absolute atomic E-state index is 11.5. The van der Waals surface area contributed by atoms with Gasteiger partial charge in [-0.1, -0.05) is 0 Å². The highest BCUT2D eigenvalue weighted by atomic mass is 16.3. The minimum atomic E-state index is -0.225. The number of fused-ring (bicyclic) bond motifs is 1. The van der Waals surface area contributed by atoms with E-state index in [1.807, 2.05) is 0 Å². The molecule has 2 N–H and O–H groups in total. The smallest absolute Gasteiger partial charge is 0.258 e. The Kier molecular flexibility index (Phi) is 1.42. The van der Waals surface area contributed by atoms with Crippen molar-refractivity contribution in [3.63, 3.8) is 0 Å². The van der Waals surface area contributed by atoms with Crippen LogP contribution in [0.25, 0.3) is 11.2 Å². The summed E-state index contributed by atoms with van der Waals surface area (Å²) in [6.45, 7) is 1.58. The number of aryl methyl sites for hydroxylation is 1. The second kappa shape index (κ2) is 2.35. The molecule has 0 aromatic carbocycles. The fourth-order valence-electron chi connectivity index (χ4n) is 1.35. The lowest BCUT2D eigenvalue weighted by atomic mass is 10.2. The molecule has 2 aromatic heterocycles. The number of nitrogens with one attached hydrogen (secondary N) is 1. The molecule has 0 spiro atoms. The molecule has 13 heavy (non-hydrogen) atoms. The summed E-state index contributed by atoms with van der Waals surface area (Å²) in [5.74, 6) is -0.0180. The number of rotatable bonds is 0. The fraction of sp³-hybridized carbons (Fsp3) is 0.250. The zero-order valence-corrected chi connectivity index (χ0v) is 7.33. The predicted molar refractivity (Wildman–Crippen MR) is 47.7 cm³/mol. The summed E-state index contributed by atoms with van der Waals surface area (Å²) >= 11 is 0. The molecule has 0 saturated carbocycles. The lowest BCUT2D eigenvalue weighted by Crippen LogP contribution is -2.19. The number of imidazole rings is 1. The molecule has 0 aliphatic rings. The molecule has 0 fully saturated rings. The van der Waals surface area contributed by atoms with E-state index in [0.29, 0.717) is 16.7 Å². The Morgan fingerprint density at radius 1 is 1.62 bits per heavy atom. The zero-order chi connectivity index (χ0) is 9.59. The average molecular weight is 179 g/mol. The summed E-state index contributed by atoms with van der Waals surface area (Å²) in [6, 6.07) is 0. The number of nitrogens with zero attached hydrogens (tertiary/aromatic N) is 2. The highest BCUT2D eigenvalue weighted by Crippen LogP contribution is 2.21. The van der Waals surface area contributed by atoms with E-state index in [1.165, 1.54) is 10.9 Å². The number of pyridine rings is 1. The third-order valence-corrected chi connectivity index (χ3v) is 2.15. The van der Waals surface area contributed by atoms with Gasteiger partial charge in [0, 0.05) is 7.05 Å². The van der Waals surface area contributed by atoms with E-state index >= 15 is 0 Å². The SMILES string of the molecule is Cc1c(O)c2[nH]cnc2n(C)c1=O. The second-order valence-electron chi connectivity index (χ2n) is 2.94. The van der Waals surface area contributed by atoms with Gasteiger partial charge in [-0.05, 0) is 6.92 Å². The molecular weight excluding hydrogens is 170 g/mol. The van der Waals surface area contributed by atoms with Crippen LogP contribution in [0, 0.1) is 6.92 Å². The second-order valence-corrected chi connectivity index (χ2v) is 2.94. The number of hydrogen-bond acceptors (Lipinski definition) is 3. The molecule has 0 radical (unpaired) electrons. The van der Waals surface area contributed by atoms with Crippen LogP contribution in [-0.2, 0) is 7.05 Å². The van der Waals surface area contributed by atoms with Crippen molar-refractivity contribution in [1.82, 2.24) is 14.5 Å². The van der Waals surface area contributed by atoms with Gasteiger partial charge in [0.25, 0.3) is 5.56 Å². The van der Waals surface area contributed by atoms with Crippen molar-refractivity contribution in [3.8, 4) is 5.75 Å². The quantitative estimate of drug-likeness (QED) is 0.610. The van der Waals surface area contributed by atoms with Gasteiger partial charge in [-0.25, -0.2) is 4.98 Å². The monoisotopic (exact) mass is 179 g/mol. The van der Waals surface area contributed by atoms with E-state index in [4.69, 9.17) is 0 Å². The molecule has 0 atom stereocenters. The van der Waals surface area contributed by atoms with E-state index < -0.39 is 0 Å². The normalized spacial score (nSPS) is 10.9. The van der Waals surface area contributed by atoms with Crippen LogP contribution in [0.15, 0.2) is 11.1 Å². The number of aromatic nitrogens is 3. The van der Waals surface area contributed by atoms with E-state index in [9.17, 15) is 9.90 Å². The number of aromatic hydroxyl groups is 1. The zero-order valence-electron chi connectivity index (χ0n) is 7.33. The van der Waals surface area contributed by atoms with Crippen molar-refractivity contribution < 1.29 is 5.11 Å². The molecule has 2 heterocycles. The van der Waals surface area contributed by atoms with Gasteiger partial charge in [-0.3, -0.25) is 9.36 Å². The highest BCUT2D eigenvalue weighted by molar-refractivity contribution is 5.78. The van der Waals surface area contributed by atoms with Gasteiger partial charge in [-0.2, -0.15) is 0 Å². The molecule has 0 amide bonds. The van der Waals surface area contributed by atoms with E-state index in [1.54, 1.807) is 14.0 Å². The summed E-state index contributed by atoms with van der Waals surface area (Å²) in [4.78, 5) is 18.2. The van der Waals surface area contributed by atoms with Gasteiger partial charge in [0.1, 0.15) is 5.52 Å². The number of H-pyrrole nitrogens is 1. The molecule has 0 saturated heterocycles. The minimum absolute atomic E-state index is 0.0180. The maximum atomic E-state index is 11.5. The van der Waals surface area contributed by atoms with Gasteiger partial charge in [0.2, 0.25) is 0 Å². The van der Waals surface area contributed by atoms with Crippen molar-refractivity contribution in [2.24, 2.45) is 7.05 Å². The summed E-state index contributed by atoms with van der Waals surface area (Å²) < 4.78 is 1.40. The van der Waals surface area contributed by atoms with Crippen LogP contribution in [0.3, 0.4) is 0 Å². The van der Waals surface area contributed by atoms with Gasteiger partial charge < -0.3 is 10.1 Å². The summed E-state index contributed by atoms with van der Waals surface area (Å²) in [7, 11) is 1.62. The predicted octanol–water partition coefficient (Wildman–Crippen LogP) is 0.276. The van der Waals surface area contributed by atoms with Crippen molar-refractivity contribution >= 4 is 11.2 Å². The van der Waals surface area contributed by atoms with Crippen LogP contribution >= 0.6 is 0 Å². The van der Waals surface area contributed by atoms with Gasteiger partial charge in [0.05, 0.1) is 11.9 Å². The first-order chi connectivity index (χ1) is 6.13. The maximum Gasteiger partial charge on any atom is 0.258 e. The first-order valence-electron chi connectivity index (χ1n) is 3.84. The van der Waals surface area contributed by atoms with Crippen molar-refractivity contribution in [3.05, 3.63) is 22.2 Å². The summed E-state index contributed by atoms with van der Waals surface area (Å²) in [5.41, 5.74) is 1.07. The van der Waals surface area contributed by atoms with Crippen LogP contribution < -0.4 is 5.56 Å². The first-order valence-corrected chi connectivity index (χ1v) is 3.84. The summed E-state index contributed by atoms with van der Waals surface area (Å²) in [6.07, 6.45) is 1.45. The minimum Gasteiger partial charge on any atom is -0.505 e. The number of aromatic amines is 1. The highest BCUT2D eigenvalue weighted by Gasteiger charge is 2.11. The first kappa shape index (κ1) is 7.85. The standard InChI is InChI=1S/C8H9N3O2/c1-4-6(12)5-7(10-3-9-5)11(2)8(4)13/h3,12H,1-2H3,(H,9,10). The Bertz CT molecular complexity index is 524. The molecular formula is C8H9N3O2. The van der Waals surface area contributed by atoms with Crippen LogP contribution in [0.2, 0.25) is 0 Å². The molecule has 2 aromatic rings. The van der Waals surface area contributed by atoms with E-state index in [-0.39, 0.29) is 11.3 Å². The molecule has 68 valence electrons. The molecule has 5 heteroatoms. The fourth-order valence-corrected chi connectivity index (χ4v) is 1.35. The van der Waals surface area contributed by atoms with Crippen LogP contribution in [0.1, 0.15) is 5.56 Å². The van der Waals surface area contributed by atoms with E-state index in [0.717, 1.165) is 0 Å². The molecule has 0 unspecified atom stereocenters. The van der Waals surface area contributed by atoms with Crippen molar-refractivity contribution in [1.29, 1.82) is 0 Å². The van der Waals surface area contributed by atoms with Gasteiger partial charge in [-0.15, -0.1) is 0 Å². The average Bonchev–Trinajstić information content (AvgIpc) is 2.59. The molecule has 0 aliphatic carbocycles. The third kappa shape index (κ3) is 0.867. The van der Waals surface area contributed by atoms with Gasteiger partial charge in [0.15, 0.2) is 11.4 Å². The van der Waals surface area contributed by atoms with Crippen LogP contribution in [0.5, 0.6) is 5.75 Å². The number of hydrogen-bond donors (Lipinski definition) is 2. The van der Waals surface area contributed by atoms with Crippen LogP contribution in [-0.4, -0.2) is 19.6 Å². The largest absolute Gasteiger partial charge is 0.505 e. The molecule has 2 rings (SSSR count). The molecule has 0 bridgehead atoms. The Labute approximate surface area is 73.7 Å². The molecule has 0 aliphatic heterocycles. The van der Waals surface area contributed by atoms with Crippen molar-refractivity contribution in [2.75, 3.05) is 0 Å². The van der Waals surface area contributed by atoms with Crippen LogP contribution in [0.4, 0.5) is 0 Å². The topological polar surface area (TPSA) is 70.9 Å². The van der Waals surface area contributed by atoms with Gasteiger partial charge >= 0.3 is 0 Å². The summed E-state index contributed by atoms with van der Waals surface area (Å²) in [5, 5.41) is 9.57. The Morgan fingerprint density at radius 2 is 2.31 bits per heavy atom. The molecule has 5 nitrogen and oxygen atoms in total. The van der Waals surface area contributed by atoms with Crippen molar-refractivity contribution in [2.45, 2.75) is 6.92 Å².